The summed E-state index contributed by atoms with van der Waals surface area (Å²) in [6.45, 7) is 0.228. The molecule has 0 N–H and O–H groups in total. The van der Waals surface area contributed by atoms with Crippen LogP contribution >= 0.6 is 0 Å². The third kappa shape index (κ3) is 4.46. The molecule has 128 valence electrons. The first-order valence-corrected chi connectivity index (χ1v) is 7.84. The Morgan fingerprint density at radius 2 is 1.81 bits per heavy atom. The van der Waals surface area contributed by atoms with Gasteiger partial charge in [0.1, 0.15) is 29.7 Å². The third-order valence-electron chi connectivity index (χ3n) is 3.57. The fourth-order valence-electron chi connectivity index (χ4n) is 2.21. The van der Waals surface area contributed by atoms with Crippen LogP contribution in [-0.4, -0.2) is 5.78 Å². The van der Waals surface area contributed by atoms with Gasteiger partial charge < -0.3 is 9.15 Å². The summed E-state index contributed by atoms with van der Waals surface area (Å²) in [5.41, 5.74) is 0.965. The second kappa shape index (κ2) is 7.95. The van der Waals surface area contributed by atoms with Gasteiger partial charge >= 0.3 is 0 Å². The predicted octanol–water partition coefficient (Wildman–Crippen LogP) is 4.77. The zero-order chi connectivity index (χ0) is 18.4. The number of benzene rings is 2. The summed E-state index contributed by atoms with van der Waals surface area (Å²) in [7, 11) is 0. The number of carbonyl (C=O) groups excluding carboxylic acids is 1. The lowest BCUT2D eigenvalue weighted by Crippen LogP contribution is -1.94. The predicted molar refractivity (Wildman–Crippen MR) is 94.0 cm³/mol. The van der Waals surface area contributed by atoms with E-state index < -0.39 is 0 Å². The molecule has 3 aromatic rings. The molecule has 0 atom stereocenters. The van der Waals surface area contributed by atoms with Gasteiger partial charge in [0.2, 0.25) is 0 Å². The first kappa shape index (κ1) is 17.2. The van der Waals surface area contributed by atoms with Crippen molar-refractivity contribution < 1.29 is 18.3 Å². The maximum Gasteiger partial charge on any atom is 0.185 e. The molecule has 0 saturated carbocycles. The molecule has 0 radical (unpaired) electrons. The lowest BCUT2D eigenvalue weighted by molar-refractivity contribution is 0.104. The second-order valence-electron chi connectivity index (χ2n) is 5.43. The van der Waals surface area contributed by atoms with Crippen molar-refractivity contribution in [3.8, 4) is 11.8 Å². The maximum atomic E-state index is 12.9. The number of allylic oxidation sites excluding steroid dienone is 1. The Balaban J connectivity index is 1.57. The molecule has 0 aliphatic rings. The van der Waals surface area contributed by atoms with Gasteiger partial charge in [-0.05, 0) is 72.8 Å². The number of hydrogen-bond acceptors (Lipinski definition) is 4. The number of nitriles is 1. The number of furan rings is 1. The molecular formula is C21H14FNO3. The van der Waals surface area contributed by atoms with Gasteiger partial charge in [0.15, 0.2) is 5.78 Å². The monoisotopic (exact) mass is 347 g/mol. The SMILES string of the molecule is N#Cc1ccc(OCc2ccc(/C=C/C(=O)c3ccc(F)cc3)o2)cc1. The molecule has 0 unspecified atom stereocenters. The Morgan fingerprint density at radius 1 is 1.08 bits per heavy atom. The van der Waals surface area contributed by atoms with E-state index in [9.17, 15) is 9.18 Å². The van der Waals surface area contributed by atoms with Crippen molar-refractivity contribution in [1.29, 1.82) is 5.26 Å². The molecule has 0 saturated heterocycles. The third-order valence-corrected chi connectivity index (χ3v) is 3.57. The highest BCUT2D eigenvalue weighted by Gasteiger charge is 2.04. The van der Waals surface area contributed by atoms with E-state index in [2.05, 4.69) is 0 Å². The van der Waals surface area contributed by atoms with Crippen molar-refractivity contribution in [3.05, 3.63) is 95.2 Å². The minimum absolute atomic E-state index is 0.228. The van der Waals surface area contributed by atoms with Gasteiger partial charge in [-0.15, -0.1) is 0 Å². The van der Waals surface area contributed by atoms with Crippen LogP contribution < -0.4 is 4.74 Å². The van der Waals surface area contributed by atoms with Crippen LogP contribution in [0, 0.1) is 17.1 Å². The van der Waals surface area contributed by atoms with E-state index in [1.165, 1.54) is 30.3 Å². The normalized spacial score (nSPS) is 10.6. The molecule has 2 aromatic carbocycles. The van der Waals surface area contributed by atoms with Crippen molar-refractivity contribution in [2.24, 2.45) is 0 Å². The highest BCUT2D eigenvalue weighted by Crippen LogP contribution is 2.16. The van der Waals surface area contributed by atoms with Crippen molar-refractivity contribution >= 4 is 11.9 Å². The summed E-state index contributed by atoms with van der Waals surface area (Å²) in [5.74, 6) is 1.12. The number of ketones is 1. The van der Waals surface area contributed by atoms with Crippen LogP contribution in [0.15, 0.2) is 71.2 Å². The molecule has 0 bridgehead atoms. The molecule has 4 nitrogen and oxygen atoms in total. The van der Waals surface area contributed by atoms with Gasteiger partial charge in [-0.25, -0.2) is 4.39 Å². The van der Waals surface area contributed by atoms with E-state index >= 15 is 0 Å². The summed E-state index contributed by atoms with van der Waals surface area (Å²) in [6, 6.07) is 17.6. The van der Waals surface area contributed by atoms with Crippen molar-refractivity contribution in [1.82, 2.24) is 0 Å². The molecule has 5 heteroatoms. The van der Waals surface area contributed by atoms with Crippen LogP contribution in [-0.2, 0) is 6.61 Å². The Kier molecular flexibility index (Phi) is 5.25. The van der Waals surface area contributed by atoms with Crippen LogP contribution in [0.1, 0.15) is 27.4 Å². The Hall–Kier alpha value is -3.65. The minimum atomic E-state index is -0.386. The van der Waals surface area contributed by atoms with Gasteiger partial charge in [0, 0.05) is 5.56 Å². The number of nitrogens with zero attached hydrogens (tertiary/aromatic N) is 1. The second-order valence-corrected chi connectivity index (χ2v) is 5.43. The van der Waals surface area contributed by atoms with Crippen molar-refractivity contribution in [2.45, 2.75) is 6.61 Å². The van der Waals surface area contributed by atoms with E-state index in [1.54, 1.807) is 42.5 Å². The maximum absolute atomic E-state index is 12.9. The number of carbonyl (C=O) groups is 1. The van der Waals surface area contributed by atoms with Crippen molar-refractivity contribution in [2.75, 3.05) is 0 Å². The topological polar surface area (TPSA) is 63.2 Å². The number of halogens is 1. The molecule has 26 heavy (non-hydrogen) atoms. The lowest BCUT2D eigenvalue weighted by Gasteiger charge is -2.03. The van der Waals surface area contributed by atoms with E-state index in [0.29, 0.717) is 28.4 Å². The van der Waals surface area contributed by atoms with Gasteiger partial charge in [0.05, 0.1) is 11.6 Å². The average Bonchev–Trinajstić information content (AvgIpc) is 3.13. The minimum Gasteiger partial charge on any atom is -0.486 e. The van der Waals surface area contributed by atoms with Gasteiger partial charge in [0.25, 0.3) is 0 Å². The smallest absolute Gasteiger partial charge is 0.185 e. The van der Waals surface area contributed by atoms with Gasteiger partial charge in [-0.1, -0.05) is 0 Å². The lowest BCUT2D eigenvalue weighted by atomic mass is 10.1. The van der Waals surface area contributed by atoms with Crippen LogP contribution in [0.5, 0.6) is 5.75 Å². The summed E-state index contributed by atoms with van der Waals surface area (Å²) >= 11 is 0. The molecule has 0 fully saturated rings. The molecule has 0 spiro atoms. The molecule has 3 rings (SSSR count). The van der Waals surface area contributed by atoms with E-state index in [1.807, 2.05) is 6.07 Å². The van der Waals surface area contributed by atoms with Crippen LogP contribution in [0.4, 0.5) is 4.39 Å². The van der Waals surface area contributed by atoms with Crippen LogP contribution in [0.2, 0.25) is 0 Å². The highest BCUT2D eigenvalue weighted by atomic mass is 19.1. The average molecular weight is 347 g/mol. The Bertz CT molecular complexity index is 964. The number of hydrogen-bond donors (Lipinski definition) is 0. The largest absolute Gasteiger partial charge is 0.486 e. The number of rotatable bonds is 6. The van der Waals surface area contributed by atoms with Crippen LogP contribution in [0.25, 0.3) is 6.08 Å². The zero-order valence-corrected chi connectivity index (χ0v) is 13.7. The molecule has 1 heterocycles. The summed E-state index contributed by atoms with van der Waals surface area (Å²) in [6.07, 6.45) is 2.92. The first-order valence-electron chi connectivity index (χ1n) is 7.84. The summed E-state index contributed by atoms with van der Waals surface area (Å²) < 4.78 is 24.0. The van der Waals surface area contributed by atoms with Crippen LogP contribution in [0.3, 0.4) is 0 Å². The summed E-state index contributed by atoms with van der Waals surface area (Å²) in [5, 5.41) is 8.76. The molecular weight excluding hydrogens is 333 g/mol. The van der Waals surface area contributed by atoms with E-state index in [-0.39, 0.29) is 18.2 Å². The standard InChI is InChI=1S/C21H14FNO3/c22-17-5-3-16(4-6-17)21(24)12-11-19-9-10-20(26-19)14-25-18-7-1-15(13-23)2-8-18/h1-12H,14H2/b12-11+. The quantitative estimate of drug-likeness (QED) is 0.476. The van der Waals surface area contributed by atoms with E-state index in [4.69, 9.17) is 14.4 Å². The molecule has 0 aliphatic carbocycles. The van der Waals surface area contributed by atoms with Crippen molar-refractivity contribution in [3.63, 3.8) is 0 Å². The van der Waals surface area contributed by atoms with E-state index in [0.717, 1.165) is 0 Å². The summed E-state index contributed by atoms with van der Waals surface area (Å²) in [4.78, 5) is 12.0. The van der Waals surface area contributed by atoms with Gasteiger partial charge in [-0.3, -0.25) is 4.79 Å². The fourth-order valence-corrected chi connectivity index (χ4v) is 2.21. The Labute approximate surface area is 149 Å². The zero-order valence-electron chi connectivity index (χ0n) is 13.7. The van der Waals surface area contributed by atoms with Gasteiger partial charge in [-0.2, -0.15) is 5.26 Å². The first-order chi connectivity index (χ1) is 12.6. The highest BCUT2D eigenvalue weighted by molar-refractivity contribution is 6.06. The molecule has 0 aliphatic heterocycles. The molecule has 1 aromatic heterocycles. The number of ether oxygens (including phenoxy) is 1. The Morgan fingerprint density at radius 3 is 2.50 bits per heavy atom. The molecule has 0 amide bonds. The fraction of sp³-hybridized carbons (Fsp3) is 0.0476.